The van der Waals surface area contributed by atoms with Gasteiger partial charge in [0.25, 0.3) is 5.91 Å². The van der Waals surface area contributed by atoms with Gasteiger partial charge in [0.15, 0.2) is 0 Å². The van der Waals surface area contributed by atoms with Crippen molar-refractivity contribution in [3.8, 4) is 0 Å². The third-order valence-corrected chi connectivity index (χ3v) is 3.54. The minimum atomic E-state index is -0.480. The molecule has 0 saturated carbocycles. The van der Waals surface area contributed by atoms with Crippen LogP contribution >= 0.6 is 0 Å². The Labute approximate surface area is 125 Å². The lowest BCUT2D eigenvalue weighted by Crippen LogP contribution is -2.41. The molecule has 2 amide bonds. The van der Waals surface area contributed by atoms with Crippen LogP contribution in [0.4, 0.5) is 5.69 Å². The summed E-state index contributed by atoms with van der Waals surface area (Å²) in [4.78, 5) is 25.6. The van der Waals surface area contributed by atoms with Crippen molar-refractivity contribution in [3.63, 3.8) is 0 Å². The van der Waals surface area contributed by atoms with E-state index in [1.807, 2.05) is 32.0 Å². The number of hydrogen-bond acceptors (Lipinski definition) is 3. The summed E-state index contributed by atoms with van der Waals surface area (Å²) in [5.74, 6) is -0.305. The molecule has 0 spiro atoms. The van der Waals surface area contributed by atoms with Gasteiger partial charge in [-0.1, -0.05) is 19.9 Å². The van der Waals surface area contributed by atoms with Gasteiger partial charge in [-0.3, -0.25) is 9.59 Å². The van der Waals surface area contributed by atoms with Crippen molar-refractivity contribution in [1.29, 1.82) is 0 Å². The number of primary amides is 1. The smallest absolute Gasteiger partial charge is 0.254 e. The van der Waals surface area contributed by atoms with Crippen LogP contribution in [0.25, 0.3) is 0 Å². The highest BCUT2D eigenvalue weighted by atomic mass is 16.2. The molecule has 1 aromatic rings. The van der Waals surface area contributed by atoms with Gasteiger partial charge in [0.1, 0.15) is 0 Å². The van der Waals surface area contributed by atoms with Gasteiger partial charge in [-0.15, -0.1) is 0 Å². The normalized spacial score (nSPS) is 13.5. The Bertz CT molecular complexity index is 540. The second-order valence-electron chi connectivity index (χ2n) is 5.91. The first kappa shape index (κ1) is 15.4. The highest BCUT2D eigenvalue weighted by molar-refractivity contribution is 5.99. The maximum absolute atomic E-state index is 12.8. The maximum Gasteiger partial charge on any atom is 0.254 e. The molecule has 1 heterocycles. The van der Waals surface area contributed by atoms with E-state index in [1.165, 1.54) is 0 Å². The van der Waals surface area contributed by atoms with Crippen molar-refractivity contribution in [2.75, 3.05) is 25.0 Å². The zero-order valence-corrected chi connectivity index (χ0v) is 12.7. The van der Waals surface area contributed by atoms with E-state index in [-0.39, 0.29) is 18.4 Å². The molecule has 1 aliphatic heterocycles. The van der Waals surface area contributed by atoms with Crippen LogP contribution in [0.15, 0.2) is 18.2 Å². The van der Waals surface area contributed by atoms with Crippen LogP contribution in [0.1, 0.15) is 36.2 Å². The fraction of sp³-hybridized carbons (Fsp3) is 0.500. The summed E-state index contributed by atoms with van der Waals surface area (Å²) in [5, 5.41) is 3.32. The largest absolute Gasteiger partial charge is 0.385 e. The zero-order valence-electron chi connectivity index (χ0n) is 12.7. The average Bonchev–Trinajstić information content (AvgIpc) is 2.44. The van der Waals surface area contributed by atoms with E-state index < -0.39 is 5.91 Å². The number of nitrogens with one attached hydrogen (secondary N) is 1. The monoisotopic (exact) mass is 289 g/mol. The molecule has 0 radical (unpaired) electrons. The van der Waals surface area contributed by atoms with Gasteiger partial charge in [0, 0.05) is 24.3 Å². The molecular formula is C16H23N3O2. The van der Waals surface area contributed by atoms with Gasteiger partial charge in [-0.25, -0.2) is 0 Å². The molecule has 0 aromatic heterocycles. The SMILES string of the molecule is CC(C)CN(CC(N)=O)C(=O)c1cccc2c1CCCN2. The highest BCUT2D eigenvalue weighted by Crippen LogP contribution is 2.26. The quantitative estimate of drug-likeness (QED) is 0.865. The molecule has 0 atom stereocenters. The van der Waals surface area contributed by atoms with Crippen LogP contribution in [-0.4, -0.2) is 36.3 Å². The molecule has 5 heteroatoms. The summed E-state index contributed by atoms with van der Waals surface area (Å²) < 4.78 is 0. The van der Waals surface area contributed by atoms with Crippen molar-refractivity contribution >= 4 is 17.5 Å². The van der Waals surface area contributed by atoms with Gasteiger partial charge in [-0.05, 0) is 36.5 Å². The van der Waals surface area contributed by atoms with Crippen LogP contribution in [0, 0.1) is 5.92 Å². The van der Waals surface area contributed by atoms with E-state index in [9.17, 15) is 9.59 Å². The fourth-order valence-electron chi connectivity index (χ4n) is 2.73. The Morgan fingerprint density at radius 2 is 2.14 bits per heavy atom. The van der Waals surface area contributed by atoms with E-state index in [1.54, 1.807) is 4.90 Å². The molecule has 2 rings (SSSR count). The second kappa shape index (κ2) is 6.61. The van der Waals surface area contributed by atoms with Crippen LogP contribution < -0.4 is 11.1 Å². The van der Waals surface area contributed by atoms with E-state index in [2.05, 4.69) is 5.32 Å². The first-order valence-corrected chi connectivity index (χ1v) is 7.42. The van der Waals surface area contributed by atoms with E-state index >= 15 is 0 Å². The number of amides is 2. The van der Waals surface area contributed by atoms with Gasteiger partial charge in [0.2, 0.25) is 5.91 Å². The summed E-state index contributed by atoms with van der Waals surface area (Å²) in [5.41, 5.74) is 8.03. The standard InChI is InChI=1S/C16H23N3O2/c1-11(2)9-19(10-15(17)20)16(21)13-5-3-7-14-12(13)6-4-8-18-14/h3,5,7,11,18H,4,6,8-10H2,1-2H3,(H2,17,20). The Kier molecular flexibility index (Phi) is 4.83. The summed E-state index contributed by atoms with van der Waals surface area (Å²) in [6.07, 6.45) is 1.90. The van der Waals surface area contributed by atoms with E-state index in [0.29, 0.717) is 12.1 Å². The molecule has 0 fully saturated rings. The average molecular weight is 289 g/mol. The molecule has 0 bridgehead atoms. The molecule has 114 valence electrons. The topological polar surface area (TPSA) is 75.4 Å². The van der Waals surface area contributed by atoms with E-state index in [4.69, 9.17) is 5.73 Å². The molecule has 1 aliphatic rings. The Morgan fingerprint density at radius 1 is 1.38 bits per heavy atom. The third-order valence-electron chi connectivity index (χ3n) is 3.54. The van der Waals surface area contributed by atoms with E-state index in [0.717, 1.165) is 30.6 Å². The van der Waals surface area contributed by atoms with Gasteiger partial charge < -0.3 is 16.0 Å². The van der Waals surface area contributed by atoms with Gasteiger partial charge in [0.05, 0.1) is 6.54 Å². The zero-order chi connectivity index (χ0) is 15.4. The van der Waals surface area contributed by atoms with Crippen LogP contribution in [-0.2, 0) is 11.2 Å². The Morgan fingerprint density at radius 3 is 2.81 bits per heavy atom. The predicted molar refractivity (Wildman–Crippen MR) is 83.2 cm³/mol. The molecule has 1 aromatic carbocycles. The van der Waals surface area contributed by atoms with Gasteiger partial charge >= 0.3 is 0 Å². The van der Waals surface area contributed by atoms with Crippen molar-refractivity contribution in [2.24, 2.45) is 11.7 Å². The predicted octanol–water partition coefficient (Wildman–Crippen LogP) is 1.63. The lowest BCUT2D eigenvalue weighted by molar-refractivity contribution is -0.118. The fourth-order valence-corrected chi connectivity index (χ4v) is 2.73. The molecule has 3 N–H and O–H groups in total. The molecule has 21 heavy (non-hydrogen) atoms. The minimum absolute atomic E-state index is 0.0336. The second-order valence-corrected chi connectivity index (χ2v) is 5.91. The number of nitrogens with two attached hydrogens (primary N) is 1. The number of carbonyl (C=O) groups excluding carboxylic acids is 2. The summed E-state index contributed by atoms with van der Waals surface area (Å²) in [6.45, 7) is 5.46. The summed E-state index contributed by atoms with van der Waals surface area (Å²) >= 11 is 0. The lowest BCUT2D eigenvalue weighted by atomic mass is 9.96. The Hall–Kier alpha value is -2.04. The summed E-state index contributed by atoms with van der Waals surface area (Å²) in [6, 6.07) is 5.71. The molecule has 0 aliphatic carbocycles. The number of anilines is 1. The number of benzene rings is 1. The first-order valence-electron chi connectivity index (χ1n) is 7.42. The maximum atomic E-state index is 12.8. The van der Waals surface area contributed by atoms with Crippen LogP contribution in [0.3, 0.4) is 0 Å². The van der Waals surface area contributed by atoms with Crippen molar-refractivity contribution in [3.05, 3.63) is 29.3 Å². The number of hydrogen-bond donors (Lipinski definition) is 2. The lowest BCUT2D eigenvalue weighted by Gasteiger charge is -2.26. The minimum Gasteiger partial charge on any atom is -0.385 e. The molecule has 5 nitrogen and oxygen atoms in total. The highest BCUT2D eigenvalue weighted by Gasteiger charge is 2.23. The number of carbonyl (C=O) groups is 2. The molecule has 0 saturated heterocycles. The Balaban J connectivity index is 2.29. The van der Waals surface area contributed by atoms with Crippen molar-refractivity contribution < 1.29 is 9.59 Å². The molecule has 0 unspecified atom stereocenters. The van der Waals surface area contributed by atoms with Gasteiger partial charge in [-0.2, -0.15) is 0 Å². The molecular weight excluding hydrogens is 266 g/mol. The van der Waals surface area contributed by atoms with Crippen LogP contribution in [0.2, 0.25) is 0 Å². The third kappa shape index (κ3) is 3.74. The van der Waals surface area contributed by atoms with Crippen molar-refractivity contribution in [1.82, 2.24) is 4.90 Å². The van der Waals surface area contributed by atoms with Crippen LogP contribution in [0.5, 0.6) is 0 Å². The van der Waals surface area contributed by atoms with Crippen molar-refractivity contribution in [2.45, 2.75) is 26.7 Å². The summed E-state index contributed by atoms with van der Waals surface area (Å²) in [7, 11) is 0. The number of fused-ring (bicyclic) bond motifs is 1. The first-order chi connectivity index (χ1) is 9.99. The number of rotatable bonds is 5. The number of nitrogens with zero attached hydrogens (tertiary/aromatic N) is 1.